The van der Waals surface area contributed by atoms with Gasteiger partial charge in [0.1, 0.15) is 0 Å². The van der Waals surface area contributed by atoms with Crippen molar-refractivity contribution in [3.05, 3.63) is 76.1 Å². The summed E-state index contributed by atoms with van der Waals surface area (Å²) in [6.45, 7) is 4.37. The number of hydrogen-bond acceptors (Lipinski definition) is 4. The summed E-state index contributed by atoms with van der Waals surface area (Å²) in [6, 6.07) is 18.7. The molecule has 0 saturated carbocycles. The summed E-state index contributed by atoms with van der Waals surface area (Å²) in [5.41, 5.74) is 3.59. The second kappa shape index (κ2) is 8.27. The molecule has 2 aromatic carbocycles. The number of hydrogen-bond donors (Lipinski definition) is 1. The average molecular weight is 369 g/mol. The van der Waals surface area contributed by atoms with Crippen molar-refractivity contribution in [2.24, 2.45) is 5.10 Å². The largest absolute Gasteiger partial charge is 0.249 e. The first-order valence-corrected chi connectivity index (χ1v) is 9.51. The molecule has 25 heavy (non-hydrogen) atoms. The summed E-state index contributed by atoms with van der Waals surface area (Å²) in [5.74, 6) is 1.34. The number of nitrogens with zero attached hydrogens (tertiary/aromatic N) is 3. The summed E-state index contributed by atoms with van der Waals surface area (Å²) in [5, 5.41) is 12.3. The summed E-state index contributed by atoms with van der Waals surface area (Å²) < 4.78 is 2.16. The van der Waals surface area contributed by atoms with Gasteiger partial charge in [-0.2, -0.15) is 9.78 Å². The Balaban J connectivity index is 1.74. The molecule has 6 heteroatoms. The molecule has 128 valence electrons. The predicted molar refractivity (Wildman–Crippen MR) is 107 cm³/mol. The highest BCUT2D eigenvalue weighted by molar-refractivity contribution is 7.98. The van der Waals surface area contributed by atoms with E-state index >= 15 is 0 Å². The standard InChI is InChI=1S/C19H20N4S2/c1-14(2)17-10-8-15(9-11-17)12-20-23-18(24)21-22-19(23)25-13-16-6-4-3-5-7-16/h3-12,14H,13H2,1-2H3,(H,21,24)/b20-12-. The number of aromatic amines is 1. The topological polar surface area (TPSA) is 46.0 Å². The first kappa shape index (κ1) is 17.6. The first-order chi connectivity index (χ1) is 12.1. The van der Waals surface area contributed by atoms with E-state index in [9.17, 15) is 0 Å². The third kappa shape index (κ3) is 4.67. The van der Waals surface area contributed by atoms with Crippen LogP contribution in [0.2, 0.25) is 0 Å². The quantitative estimate of drug-likeness (QED) is 0.368. The van der Waals surface area contributed by atoms with Gasteiger partial charge in [-0.15, -0.1) is 5.10 Å². The molecular weight excluding hydrogens is 348 g/mol. The smallest absolute Gasteiger partial charge is 0.217 e. The number of H-pyrrole nitrogens is 1. The van der Waals surface area contributed by atoms with Crippen LogP contribution < -0.4 is 0 Å². The van der Waals surface area contributed by atoms with E-state index in [1.54, 1.807) is 16.4 Å². The van der Waals surface area contributed by atoms with E-state index in [2.05, 4.69) is 65.5 Å². The minimum atomic E-state index is 0.491. The molecule has 0 spiro atoms. The van der Waals surface area contributed by atoms with Crippen molar-refractivity contribution in [3.8, 4) is 0 Å². The maximum Gasteiger partial charge on any atom is 0.217 e. The molecule has 3 aromatic rings. The van der Waals surface area contributed by atoms with Gasteiger partial charge in [-0.1, -0.05) is 80.2 Å². The number of aromatic nitrogens is 3. The lowest BCUT2D eigenvalue weighted by molar-refractivity contribution is 0.759. The molecule has 0 atom stereocenters. The van der Waals surface area contributed by atoms with Crippen LogP contribution in [0.1, 0.15) is 36.5 Å². The molecule has 0 amide bonds. The van der Waals surface area contributed by atoms with Gasteiger partial charge in [-0.25, -0.2) is 5.10 Å². The highest BCUT2D eigenvalue weighted by Gasteiger charge is 2.06. The monoisotopic (exact) mass is 368 g/mol. The molecule has 0 aliphatic heterocycles. The fraction of sp³-hybridized carbons (Fsp3) is 0.211. The van der Waals surface area contributed by atoms with Crippen LogP contribution >= 0.6 is 24.0 Å². The lowest BCUT2D eigenvalue weighted by atomic mass is 10.0. The zero-order valence-electron chi connectivity index (χ0n) is 14.2. The molecule has 1 N–H and O–H groups in total. The van der Waals surface area contributed by atoms with Crippen LogP contribution in [0.5, 0.6) is 0 Å². The maximum absolute atomic E-state index is 5.29. The molecule has 0 fully saturated rings. The van der Waals surface area contributed by atoms with Crippen LogP contribution in [0, 0.1) is 4.77 Å². The van der Waals surface area contributed by atoms with Crippen molar-refractivity contribution < 1.29 is 0 Å². The minimum absolute atomic E-state index is 0.491. The van der Waals surface area contributed by atoms with E-state index in [1.807, 2.05) is 24.4 Å². The van der Waals surface area contributed by atoms with Crippen LogP contribution in [0.3, 0.4) is 0 Å². The fourth-order valence-electron chi connectivity index (χ4n) is 2.29. The fourth-order valence-corrected chi connectivity index (χ4v) is 3.38. The minimum Gasteiger partial charge on any atom is -0.249 e. The van der Waals surface area contributed by atoms with Crippen LogP contribution in [0.25, 0.3) is 0 Å². The molecule has 0 saturated heterocycles. The van der Waals surface area contributed by atoms with Crippen molar-refractivity contribution in [2.45, 2.75) is 30.7 Å². The molecule has 0 radical (unpaired) electrons. The van der Waals surface area contributed by atoms with Crippen molar-refractivity contribution >= 4 is 30.2 Å². The number of rotatable bonds is 6. The average Bonchev–Trinajstić information content (AvgIpc) is 2.99. The van der Waals surface area contributed by atoms with Crippen LogP contribution in [-0.4, -0.2) is 21.1 Å². The van der Waals surface area contributed by atoms with Crippen molar-refractivity contribution in [2.75, 3.05) is 0 Å². The third-order valence-corrected chi connectivity index (χ3v) is 5.02. The van der Waals surface area contributed by atoms with E-state index in [0.29, 0.717) is 10.7 Å². The van der Waals surface area contributed by atoms with Gasteiger partial charge < -0.3 is 0 Å². The Labute approximate surface area is 157 Å². The van der Waals surface area contributed by atoms with E-state index in [0.717, 1.165) is 16.5 Å². The van der Waals surface area contributed by atoms with Crippen molar-refractivity contribution in [3.63, 3.8) is 0 Å². The molecule has 1 aromatic heterocycles. The van der Waals surface area contributed by atoms with Gasteiger partial charge in [0.05, 0.1) is 6.21 Å². The van der Waals surface area contributed by atoms with Gasteiger partial charge in [-0.3, -0.25) is 0 Å². The molecule has 0 aliphatic carbocycles. The zero-order chi connectivity index (χ0) is 17.6. The summed E-state index contributed by atoms with van der Waals surface area (Å²) in [7, 11) is 0. The highest BCUT2D eigenvalue weighted by atomic mass is 32.2. The van der Waals surface area contributed by atoms with Crippen LogP contribution in [-0.2, 0) is 5.75 Å². The summed E-state index contributed by atoms with van der Waals surface area (Å²) in [4.78, 5) is 0. The van der Waals surface area contributed by atoms with E-state index in [4.69, 9.17) is 12.2 Å². The second-order valence-corrected chi connectivity index (χ2v) is 7.29. The Bertz CT molecular complexity index is 893. The third-order valence-electron chi connectivity index (χ3n) is 3.76. The maximum atomic E-state index is 5.29. The van der Waals surface area contributed by atoms with E-state index in [-0.39, 0.29) is 0 Å². The number of nitrogens with one attached hydrogen (secondary N) is 1. The van der Waals surface area contributed by atoms with Gasteiger partial charge in [0.2, 0.25) is 9.93 Å². The lowest BCUT2D eigenvalue weighted by Crippen LogP contribution is -1.95. The number of benzene rings is 2. The summed E-state index contributed by atoms with van der Waals surface area (Å²) in [6.07, 6.45) is 1.81. The molecular formula is C19H20N4S2. The first-order valence-electron chi connectivity index (χ1n) is 8.12. The Morgan fingerprint density at radius 1 is 1.16 bits per heavy atom. The lowest BCUT2D eigenvalue weighted by Gasteiger charge is -2.04. The SMILES string of the molecule is CC(C)c1ccc(/C=N\n2c(SCc3ccccc3)n[nH]c2=S)cc1. The molecule has 4 nitrogen and oxygen atoms in total. The Morgan fingerprint density at radius 3 is 2.56 bits per heavy atom. The number of thioether (sulfide) groups is 1. The van der Waals surface area contributed by atoms with Gasteiger partial charge in [0, 0.05) is 5.75 Å². The van der Waals surface area contributed by atoms with Crippen molar-refractivity contribution in [1.82, 2.24) is 14.9 Å². The van der Waals surface area contributed by atoms with E-state index in [1.165, 1.54) is 11.1 Å². The molecule has 1 heterocycles. The predicted octanol–water partition coefficient (Wildman–Crippen LogP) is 5.24. The summed E-state index contributed by atoms with van der Waals surface area (Å²) >= 11 is 6.89. The zero-order valence-corrected chi connectivity index (χ0v) is 15.8. The Morgan fingerprint density at radius 2 is 1.88 bits per heavy atom. The van der Waals surface area contributed by atoms with Crippen LogP contribution in [0.4, 0.5) is 0 Å². The van der Waals surface area contributed by atoms with Gasteiger partial charge in [0.15, 0.2) is 0 Å². The second-order valence-electron chi connectivity index (χ2n) is 5.96. The molecule has 0 aliphatic rings. The van der Waals surface area contributed by atoms with Crippen LogP contribution in [0.15, 0.2) is 64.9 Å². The normalized spacial score (nSPS) is 11.5. The highest BCUT2D eigenvalue weighted by Crippen LogP contribution is 2.21. The van der Waals surface area contributed by atoms with Crippen molar-refractivity contribution in [1.29, 1.82) is 0 Å². The van der Waals surface area contributed by atoms with Gasteiger partial charge in [0.25, 0.3) is 0 Å². The van der Waals surface area contributed by atoms with Gasteiger partial charge >= 0.3 is 0 Å². The van der Waals surface area contributed by atoms with E-state index < -0.39 is 0 Å². The molecule has 0 unspecified atom stereocenters. The van der Waals surface area contributed by atoms with Gasteiger partial charge in [-0.05, 0) is 34.8 Å². The Kier molecular flexibility index (Phi) is 5.83. The molecule has 3 rings (SSSR count). The Hall–Kier alpha value is -2.18. The molecule has 0 bridgehead atoms.